The van der Waals surface area contributed by atoms with Gasteiger partial charge >= 0.3 is 0 Å². The van der Waals surface area contributed by atoms with Gasteiger partial charge in [0.1, 0.15) is 0 Å². The fraction of sp³-hybridized carbons (Fsp3) is 0.182. The SMILES string of the molecule is O=C1CCn2ccc3cc(Cl)cc(c32)N1. The summed E-state index contributed by atoms with van der Waals surface area (Å²) in [4.78, 5) is 11.4. The number of aryl methyl sites for hydroxylation is 1. The first kappa shape index (κ1) is 8.80. The van der Waals surface area contributed by atoms with E-state index < -0.39 is 0 Å². The molecule has 2 aromatic rings. The second kappa shape index (κ2) is 3.00. The largest absolute Gasteiger partial charge is 0.345 e. The second-order valence-electron chi connectivity index (χ2n) is 3.70. The summed E-state index contributed by atoms with van der Waals surface area (Å²) in [5.41, 5.74) is 1.87. The van der Waals surface area contributed by atoms with Crippen molar-refractivity contribution in [1.29, 1.82) is 0 Å². The number of aromatic nitrogens is 1. The zero-order valence-corrected chi connectivity index (χ0v) is 8.71. The smallest absolute Gasteiger partial charge is 0.226 e. The van der Waals surface area contributed by atoms with Gasteiger partial charge in [-0.15, -0.1) is 0 Å². The molecule has 1 N–H and O–H groups in total. The lowest BCUT2D eigenvalue weighted by Crippen LogP contribution is -2.10. The fourth-order valence-corrected chi connectivity index (χ4v) is 2.26. The highest BCUT2D eigenvalue weighted by Crippen LogP contribution is 2.30. The molecule has 0 fully saturated rings. The molecule has 1 amide bonds. The molecule has 76 valence electrons. The van der Waals surface area contributed by atoms with Crippen molar-refractivity contribution in [2.45, 2.75) is 13.0 Å². The van der Waals surface area contributed by atoms with Crippen LogP contribution in [-0.4, -0.2) is 10.5 Å². The van der Waals surface area contributed by atoms with Gasteiger partial charge in [-0.25, -0.2) is 0 Å². The highest BCUT2D eigenvalue weighted by Gasteiger charge is 2.15. The van der Waals surface area contributed by atoms with Gasteiger partial charge < -0.3 is 9.88 Å². The maximum atomic E-state index is 11.4. The van der Waals surface area contributed by atoms with E-state index in [0.29, 0.717) is 11.4 Å². The molecule has 1 aromatic carbocycles. The third-order valence-electron chi connectivity index (χ3n) is 2.68. The first-order chi connectivity index (χ1) is 7.24. The fourth-order valence-electron chi connectivity index (χ4n) is 2.03. The van der Waals surface area contributed by atoms with Crippen molar-refractivity contribution in [3.05, 3.63) is 29.4 Å². The van der Waals surface area contributed by atoms with E-state index in [1.165, 1.54) is 0 Å². The summed E-state index contributed by atoms with van der Waals surface area (Å²) in [6, 6.07) is 5.72. The Balaban J connectivity index is 2.36. The average Bonchev–Trinajstić information content (AvgIpc) is 2.50. The van der Waals surface area contributed by atoms with Gasteiger partial charge in [0.05, 0.1) is 11.2 Å². The van der Waals surface area contributed by atoms with Crippen LogP contribution >= 0.6 is 11.6 Å². The van der Waals surface area contributed by atoms with E-state index in [4.69, 9.17) is 11.6 Å². The van der Waals surface area contributed by atoms with Crippen LogP contribution in [0, 0.1) is 0 Å². The number of hydrogen-bond acceptors (Lipinski definition) is 1. The van der Waals surface area contributed by atoms with Crippen LogP contribution in [0.2, 0.25) is 5.02 Å². The quantitative estimate of drug-likeness (QED) is 0.728. The minimum absolute atomic E-state index is 0.0438. The highest BCUT2D eigenvalue weighted by molar-refractivity contribution is 6.32. The standard InChI is InChI=1S/C11H9ClN2O/c12-8-5-7-1-3-14-4-2-10(15)13-9(6-8)11(7)14/h1,3,5-6H,2,4H2,(H,13,15). The lowest BCUT2D eigenvalue weighted by Gasteiger charge is -2.04. The Morgan fingerprint density at radius 2 is 2.27 bits per heavy atom. The molecule has 1 aromatic heterocycles. The molecule has 0 saturated heterocycles. The van der Waals surface area contributed by atoms with E-state index in [1.54, 1.807) is 6.07 Å². The molecule has 2 heterocycles. The van der Waals surface area contributed by atoms with Crippen LogP contribution in [0.15, 0.2) is 24.4 Å². The first-order valence-corrected chi connectivity index (χ1v) is 5.20. The zero-order chi connectivity index (χ0) is 10.4. The van der Waals surface area contributed by atoms with Crippen LogP contribution in [-0.2, 0) is 11.3 Å². The van der Waals surface area contributed by atoms with Crippen molar-refractivity contribution >= 4 is 34.1 Å². The predicted octanol–water partition coefficient (Wildman–Crippen LogP) is 2.64. The summed E-state index contributed by atoms with van der Waals surface area (Å²) in [6.07, 6.45) is 2.50. The third-order valence-corrected chi connectivity index (χ3v) is 2.90. The zero-order valence-electron chi connectivity index (χ0n) is 7.96. The average molecular weight is 221 g/mol. The summed E-state index contributed by atoms with van der Waals surface area (Å²) in [5, 5.41) is 4.59. The van der Waals surface area contributed by atoms with Gasteiger partial charge in [0.2, 0.25) is 5.91 Å². The Hall–Kier alpha value is -1.48. The molecule has 0 atom stereocenters. The molecule has 1 aliphatic heterocycles. The molecule has 4 heteroatoms. The molecule has 0 aliphatic carbocycles. The van der Waals surface area contributed by atoms with Crippen molar-refractivity contribution in [3.63, 3.8) is 0 Å². The van der Waals surface area contributed by atoms with E-state index in [0.717, 1.165) is 23.1 Å². The van der Waals surface area contributed by atoms with Crippen molar-refractivity contribution in [1.82, 2.24) is 4.57 Å². The Morgan fingerprint density at radius 1 is 1.40 bits per heavy atom. The Kier molecular flexibility index (Phi) is 1.76. The van der Waals surface area contributed by atoms with Crippen LogP contribution in [0.1, 0.15) is 6.42 Å². The summed E-state index contributed by atoms with van der Waals surface area (Å²) < 4.78 is 2.08. The molecule has 15 heavy (non-hydrogen) atoms. The van der Waals surface area contributed by atoms with Crippen LogP contribution in [0.25, 0.3) is 10.9 Å². The Labute approximate surface area is 91.6 Å². The number of amides is 1. The van der Waals surface area contributed by atoms with E-state index >= 15 is 0 Å². The number of benzene rings is 1. The topological polar surface area (TPSA) is 34.0 Å². The Bertz CT molecular complexity index is 559. The molecular formula is C11H9ClN2O. The summed E-state index contributed by atoms with van der Waals surface area (Å²) in [5.74, 6) is 0.0438. The third kappa shape index (κ3) is 1.31. The van der Waals surface area contributed by atoms with Gasteiger partial charge in [0.15, 0.2) is 0 Å². The molecule has 0 radical (unpaired) electrons. The van der Waals surface area contributed by atoms with Crippen molar-refractivity contribution in [2.75, 3.05) is 5.32 Å². The first-order valence-electron chi connectivity index (χ1n) is 4.82. The van der Waals surface area contributed by atoms with Gasteiger partial charge in [0.25, 0.3) is 0 Å². The predicted molar refractivity (Wildman–Crippen MR) is 60.2 cm³/mol. The summed E-state index contributed by atoms with van der Waals surface area (Å²) in [6.45, 7) is 0.726. The van der Waals surface area contributed by atoms with Crippen LogP contribution in [0.5, 0.6) is 0 Å². The van der Waals surface area contributed by atoms with Crippen molar-refractivity contribution in [2.24, 2.45) is 0 Å². The van der Waals surface area contributed by atoms with Crippen LogP contribution in [0.4, 0.5) is 5.69 Å². The number of nitrogens with zero attached hydrogens (tertiary/aromatic N) is 1. The van der Waals surface area contributed by atoms with Gasteiger partial charge in [-0.05, 0) is 18.2 Å². The number of hydrogen-bond donors (Lipinski definition) is 1. The van der Waals surface area contributed by atoms with Crippen LogP contribution < -0.4 is 5.32 Å². The molecule has 1 aliphatic rings. The molecule has 0 unspecified atom stereocenters. The van der Waals surface area contributed by atoms with Crippen molar-refractivity contribution in [3.8, 4) is 0 Å². The number of carbonyl (C=O) groups excluding carboxylic acids is 1. The normalized spacial score (nSPS) is 15.1. The lowest BCUT2D eigenvalue weighted by atomic mass is 10.2. The summed E-state index contributed by atoms with van der Waals surface area (Å²) in [7, 11) is 0. The van der Waals surface area contributed by atoms with E-state index in [9.17, 15) is 4.79 Å². The Morgan fingerprint density at radius 3 is 3.13 bits per heavy atom. The van der Waals surface area contributed by atoms with Crippen molar-refractivity contribution < 1.29 is 4.79 Å². The summed E-state index contributed by atoms with van der Waals surface area (Å²) >= 11 is 5.98. The minimum atomic E-state index is 0.0438. The van der Waals surface area contributed by atoms with Gasteiger partial charge in [-0.2, -0.15) is 0 Å². The molecule has 0 bridgehead atoms. The molecule has 0 spiro atoms. The van der Waals surface area contributed by atoms with E-state index in [2.05, 4.69) is 9.88 Å². The number of nitrogens with one attached hydrogen (secondary N) is 1. The highest BCUT2D eigenvalue weighted by atomic mass is 35.5. The number of anilines is 1. The maximum absolute atomic E-state index is 11.4. The minimum Gasteiger partial charge on any atom is -0.345 e. The number of halogens is 1. The van der Waals surface area contributed by atoms with E-state index in [1.807, 2.05) is 18.3 Å². The number of carbonyl (C=O) groups is 1. The van der Waals surface area contributed by atoms with Crippen LogP contribution in [0.3, 0.4) is 0 Å². The molecular weight excluding hydrogens is 212 g/mol. The maximum Gasteiger partial charge on any atom is 0.226 e. The molecule has 3 rings (SSSR count). The van der Waals surface area contributed by atoms with Gasteiger partial charge in [0, 0.05) is 29.6 Å². The second-order valence-corrected chi connectivity index (χ2v) is 4.13. The molecule has 0 saturated carbocycles. The monoisotopic (exact) mass is 220 g/mol. The van der Waals surface area contributed by atoms with Gasteiger partial charge in [-0.3, -0.25) is 4.79 Å². The number of rotatable bonds is 0. The van der Waals surface area contributed by atoms with Gasteiger partial charge in [-0.1, -0.05) is 11.6 Å². The lowest BCUT2D eigenvalue weighted by molar-refractivity contribution is -0.116. The van der Waals surface area contributed by atoms with E-state index in [-0.39, 0.29) is 5.91 Å². The molecule has 3 nitrogen and oxygen atoms in total.